The van der Waals surface area contributed by atoms with Crippen LogP contribution in [0.1, 0.15) is 19.2 Å². The van der Waals surface area contributed by atoms with Crippen LogP contribution in [0, 0.1) is 11.8 Å². The number of amides is 1. The maximum absolute atomic E-state index is 11.5. The summed E-state index contributed by atoms with van der Waals surface area (Å²) in [7, 11) is 1.59. The second-order valence-electron chi connectivity index (χ2n) is 3.76. The zero-order valence-corrected chi connectivity index (χ0v) is 9.50. The first-order valence-corrected chi connectivity index (χ1v) is 5.60. The minimum Gasteiger partial charge on any atom is -0.377 e. The van der Waals surface area contributed by atoms with Crippen LogP contribution in [-0.2, 0) is 16.1 Å². The van der Waals surface area contributed by atoms with E-state index >= 15 is 0 Å². The average Bonchev–Trinajstić information content (AvgIpc) is 2.76. The smallest absolute Gasteiger partial charge is 0.229 e. The Morgan fingerprint density at radius 3 is 3.07 bits per heavy atom. The second-order valence-corrected chi connectivity index (χ2v) is 4.51. The van der Waals surface area contributed by atoms with Crippen molar-refractivity contribution in [1.82, 2.24) is 9.36 Å². The van der Waals surface area contributed by atoms with Gasteiger partial charge in [0.1, 0.15) is 6.61 Å². The van der Waals surface area contributed by atoms with Crippen molar-refractivity contribution in [2.24, 2.45) is 11.8 Å². The van der Waals surface area contributed by atoms with E-state index in [0.29, 0.717) is 23.5 Å². The van der Waals surface area contributed by atoms with Crippen LogP contribution in [0.2, 0.25) is 0 Å². The maximum Gasteiger partial charge on any atom is 0.229 e. The molecule has 15 heavy (non-hydrogen) atoms. The molecular formula is C9H13N3O2S. The van der Waals surface area contributed by atoms with Crippen LogP contribution in [0.3, 0.4) is 0 Å². The molecule has 2 rings (SSSR count). The second kappa shape index (κ2) is 4.24. The first-order valence-electron chi connectivity index (χ1n) is 4.83. The lowest BCUT2D eigenvalue weighted by molar-refractivity contribution is -0.117. The molecule has 1 heterocycles. The molecule has 1 aliphatic rings. The molecule has 0 aliphatic heterocycles. The molecule has 0 spiro atoms. The third kappa shape index (κ3) is 2.51. The Morgan fingerprint density at radius 2 is 2.47 bits per heavy atom. The summed E-state index contributed by atoms with van der Waals surface area (Å²) in [6, 6.07) is 0. The van der Waals surface area contributed by atoms with Crippen LogP contribution in [-0.4, -0.2) is 22.4 Å². The number of nitrogens with zero attached hydrogens (tertiary/aromatic N) is 2. The molecule has 5 nitrogen and oxygen atoms in total. The fraction of sp³-hybridized carbons (Fsp3) is 0.667. The van der Waals surface area contributed by atoms with Crippen molar-refractivity contribution >= 4 is 22.6 Å². The number of rotatable bonds is 4. The van der Waals surface area contributed by atoms with Gasteiger partial charge in [-0.3, -0.25) is 4.79 Å². The standard InChI is InChI=1S/C9H13N3O2S/c1-5-3-6(5)8(13)11-9-10-7(4-14-2)12-15-9/h5-6H,3-4H2,1-2H3,(H,10,11,12,13)/t5-,6+/m1/s1. The van der Waals surface area contributed by atoms with Gasteiger partial charge in [0.2, 0.25) is 11.0 Å². The Labute approximate surface area is 92.0 Å². The predicted octanol–water partition coefficient (Wildman–Crippen LogP) is 1.28. The van der Waals surface area contributed by atoms with Gasteiger partial charge in [-0.15, -0.1) is 0 Å². The molecule has 1 N–H and O–H groups in total. The van der Waals surface area contributed by atoms with E-state index in [2.05, 4.69) is 21.6 Å². The normalized spacial score (nSPS) is 23.9. The highest BCUT2D eigenvalue weighted by Gasteiger charge is 2.39. The number of hydrogen-bond donors (Lipinski definition) is 1. The van der Waals surface area contributed by atoms with E-state index in [1.165, 1.54) is 11.5 Å². The Bertz CT molecular complexity index is 366. The van der Waals surface area contributed by atoms with Crippen molar-refractivity contribution in [2.45, 2.75) is 20.0 Å². The van der Waals surface area contributed by atoms with Crippen molar-refractivity contribution in [2.75, 3.05) is 12.4 Å². The quantitative estimate of drug-likeness (QED) is 0.841. The molecule has 0 bridgehead atoms. The number of carbonyl (C=O) groups is 1. The highest BCUT2D eigenvalue weighted by Crippen LogP contribution is 2.38. The van der Waals surface area contributed by atoms with Gasteiger partial charge in [0.25, 0.3) is 0 Å². The first-order chi connectivity index (χ1) is 7.20. The summed E-state index contributed by atoms with van der Waals surface area (Å²) < 4.78 is 8.94. The topological polar surface area (TPSA) is 64.1 Å². The summed E-state index contributed by atoms with van der Waals surface area (Å²) in [5, 5.41) is 3.32. The molecule has 1 aromatic rings. The highest BCUT2D eigenvalue weighted by atomic mass is 32.1. The van der Waals surface area contributed by atoms with E-state index in [1.807, 2.05) is 0 Å². The van der Waals surface area contributed by atoms with Crippen LogP contribution in [0.4, 0.5) is 5.13 Å². The SMILES string of the molecule is COCc1nsc(NC(=O)[C@H]2C[C@H]2C)n1. The lowest BCUT2D eigenvalue weighted by Gasteiger charge is -1.97. The van der Waals surface area contributed by atoms with Crippen LogP contribution in [0.25, 0.3) is 0 Å². The Morgan fingerprint density at radius 1 is 1.73 bits per heavy atom. The molecule has 1 fully saturated rings. The summed E-state index contributed by atoms with van der Waals surface area (Å²) in [5.41, 5.74) is 0. The summed E-state index contributed by atoms with van der Waals surface area (Å²) in [6.45, 7) is 2.45. The lowest BCUT2D eigenvalue weighted by atomic mass is 10.3. The van der Waals surface area contributed by atoms with E-state index < -0.39 is 0 Å². The maximum atomic E-state index is 11.5. The monoisotopic (exact) mass is 227 g/mol. The van der Waals surface area contributed by atoms with Crippen molar-refractivity contribution in [3.05, 3.63) is 5.82 Å². The third-order valence-electron chi connectivity index (χ3n) is 2.42. The van der Waals surface area contributed by atoms with E-state index in [0.717, 1.165) is 6.42 Å². The highest BCUT2D eigenvalue weighted by molar-refractivity contribution is 7.09. The van der Waals surface area contributed by atoms with Gasteiger partial charge in [0.15, 0.2) is 5.82 Å². The van der Waals surface area contributed by atoms with Crippen molar-refractivity contribution in [3.63, 3.8) is 0 Å². The largest absolute Gasteiger partial charge is 0.377 e. The van der Waals surface area contributed by atoms with Gasteiger partial charge in [-0.2, -0.15) is 4.37 Å². The van der Waals surface area contributed by atoms with Gasteiger partial charge >= 0.3 is 0 Å². The van der Waals surface area contributed by atoms with Crippen LogP contribution in [0.5, 0.6) is 0 Å². The van der Waals surface area contributed by atoms with Crippen LogP contribution in [0.15, 0.2) is 0 Å². The Kier molecular flexibility index (Phi) is 2.97. The predicted molar refractivity (Wildman–Crippen MR) is 56.5 cm³/mol. The fourth-order valence-electron chi connectivity index (χ4n) is 1.38. The van der Waals surface area contributed by atoms with E-state index in [9.17, 15) is 4.79 Å². The van der Waals surface area contributed by atoms with Gasteiger partial charge in [-0.1, -0.05) is 6.92 Å². The number of aromatic nitrogens is 2. The van der Waals surface area contributed by atoms with Crippen molar-refractivity contribution in [3.8, 4) is 0 Å². The number of nitrogens with one attached hydrogen (secondary N) is 1. The molecule has 82 valence electrons. The molecular weight excluding hydrogens is 214 g/mol. The Balaban J connectivity index is 1.90. The number of ether oxygens (including phenoxy) is 1. The number of anilines is 1. The van der Waals surface area contributed by atoms with Crippen LogP contribution >= 0.6 is 11.5 Å². The summed E-state index contributed by atoms with van der Waals surface area (Å²) >= 11 is 1.19. The number of methoxy groups -OCH3 is 1. The molecule has 0 unspecified atom stereocenters. The molecule has 0 radical (unpaired) electrons. The minimum atomic E-state index is 0.0580. The molecule has 2 atom stereocenters. The Hall–Kier alpha value is -1.01. The zero-order valence-electron chi connectivity index (χ0n) is 8.69. The van der Waals surface area contributed by atoms with Gasteiger partial charge < -0.3 is 10.1 Å². The van der Waals surface area contributed by atoms with Crippen molar-refractivity contribution < 1.29 is 9.53 Å². The summed E-state index contributed by atoms with van der Waals surface area (Å²) in [6.07, 6.45) is 0.982. The first kappa shape index (κ1) is 10.5. The lowest BCUT2D eigenvalue weighted by Crippen LogP contribution is -2.14. The fourth-order valence-corrected chi connectivity index (χ4v) is 1.96. The molecule has 1 aliphatic carbocycles. The minimum absolute atomic E-state index is 0.0580. The number of carbonyl (C=O) groups excluding carboxylic acids is 1. The molecule has 0 aromatic carbocycles. The average molecular weight is 227 g/mol. The van der Waals surface area contributed by atoms with Crippen LogP contribution < -0.4 is 5.32 Å². The summed E-state index contributed by atoms with van der Waals surface area (Å²) in [4.78, 5) is 15.7. The van der Waals surface area contributed by atoms with Gasteiger partial charge in [-0.05, 0) is 12.3 Å². The van der Waals surface area contributed by atoms with Gasteiger partial charge in [0.05, 0.1) is 0 Å². The van der Waals surface area contributed by atoms with Crippen molar-refractivity contribution in [1.29, 1.82) is 0 Å². The third-order valence-corrected chi connectivity index (χ3v) is 3.09. The van der Waals surface area contributed by atoms with E-state index in [4.69, 9.17) is 4.74 Å². The summed E-state index contributed by atoms with van der Waals surface area (Å²) in [5.74, 6) is 1.35. The molecule has 0 saturated heterocycles. The molecule has 1 aromatic heterocycles. The van der Waals surface area contributed by atoms with E-state index in [1.54, 1.807) is 7.11 Å². The number of hydrogen-bond acceptors (Lipinski definition) is 5. The molecule has 1 amide bonds. The zero-order chi connectivity index (χ0) is 10.8. The molecule has 1 saturated carbocycles. The van der Waals surface area contributed by atoms with Gasteiger partial charge in [-0.25, -0.2) is 4.98 Å². The van der Waals surface area contributed by atoms with Gasteiger partial charge in [0, 0.05) is 24.6 Å². The molecule has 6 heteroatoms. The van der Waals surface area contributed by atoms with E-state index in [-0.39, 0.29) is 11.8 Å².